The molecule has 2 heterocycles. The number of hydrogen-bond acceptors (Lipinski definition) is 4. The second kappa shape index (κ2) is 8.56. The summed E-state index contributed by atoms with van der Waals surface area (Å²) in [6.07, 6.45) is 3.42. The Kier molecular flexibility index (Phi) is 7.42. The molecule has 2 aliphatic rings. The summed E-state index contributed by atoms with van der Waals surface area (Å²) in [4.78, 5) is 25.9. The summed E-state index contributed by atoms with van der Waals surface area (Å²) < 4.78 is 5.21. The average molecular weight is 320 g/mol. The highest BCUT2D eigenvalue weighted by atomic mass is 35.5. The molecule has 0 radical (unpaired) electrons. The molecule has 2 N–H and O–H groups in total. The fraction of sp³-hybridized carbons (Fsp3) is 0.857. The van der Waals surface area contributed by atoms with E-state index in [9.17, 15) is 9.59 Å². The van der Waals surface area contributed by atoms with E-state index in [1.807, 2.05) is 6.92 Å². The third-order valence-electron chi connectivity index (χ3n) is 4.11. The molecule has 0 bridgehead atoms. The Bertz CT molecular complexity index is 353. The van der Waals surface area contributed by atoms with Crippen LogP contribution in [0, 0.1) is 0 Å². The maximum Gasteiger partial charge on any atom is 0.240 e. The lowest BCUT2D eigenvalue weighted by molar-refractivity contribution is -0.135. The van der Waals surface area contributed by atoms with Crippen molar-refractivity contribution in [3.63, 3.8) is 0 Å². The Labute approximate surface area is 132 Å². The zero-order chi connectivity index (χ0) is 14.4. The van der Waals surface area contributed by atoms with Crippen LogP contribution in [0.1, 0.15) is 32.6 Å². The number of hydrogen-bond donors (Lipinski definition) is 2. The molecule has 7 heteroatoms. The molecule has 6 nitrogen and oxygen atoms in total. The van der Waals surface area contributed by atoms with Crippen molar-refractivity contribution in [2.45, 2.75) is 38.1 Å². The van der Waals surface area contributed by atoms with E-state index >= 15 is 0 Å². The van der Waals surface area contributed by atoms with Crippen LogP contribution in [0.5, 0.6) is 0 Å². The SMILES string of the molecule is CC1(C(=O)NCCC(=O)N2CCOCC2)CCCCN1.Cl. The molecule has 0 aromatic rings. The maximum atomic E-state index is 12.2. The molecule has 2 aliphatic heterocycles. The molecule has 2 amide bonds. The minimum Gasteiger partial charge on any atom is -0.378 e. The fourth-order valence-corrected chi connectivity index (χ4v) is 2.70. The van der Waals surface area contributed by atoms with Crippen molar-refractivity contribution in [1.82, 2.24) is 15.5 Å². The molecule has 2 fully saturated rings. The second-order valence-corrected chi connectivity index (χ2v) is 5.72. The number of halogens is 1. The number of carbonyl (C=O) groups is 2. The van der Waals surface area contributed by atoms with Gasteiger partial charge < -0.3 is 20.3 Å². The van der Waals surface area contributed by atoms with E-state index in [0.717, 1.165) is 25.8 Å². The number of nitrogens with one attached hydrogen (secondary N) is 2. The first-order valence-corrected chi connectivity index (χ1v) is 7.51. The third-order valence-corrected chi connectivity index (χ3v) is 4.11. The lowest BCUT2D eigenvalue weighted by atomic mass is 9.90. The zero-order valence-corrected chi connectivity index (χ0v) is 13.5. The van der Waals surface area contributed by atoms with Gasteiger partial charge in [0.05, 0.1) is 18.8 Å². The Morgan fingerprint density at radius 1 is 1.29 bits per heavy atom. The van der Waals surface area contributed by atoms with Crippen LogP contribution in [0.3, 0.4) is 0 Å². The van der Waals surface area contributed by atoms with E-state index in [1.54, 1.807) is 4.90 Å². The van der Waals surface area contributed by atoms with Crippen molar-refractivity contribution in [2.24, 2.45) is 0 Å². The predicted molar refractivity (Wildman–Crippen MR) is 82.5 cm³/mol. The van der Waals surface area contributed by atoms with Gasteiger partial charge in [-0.3, -0.25) is 9.59 Å². The summed E-state index contributed by atoms with van der Waals surface area (Å²) in [7, 11) is 0. The maximum absolute atomic E-state index is 12.2. The number of carbonyl (C=O) groups excluding carboxylic acids is 2. The van der Waals surface area contributed by atoms with Gasteiger partial charge in [-0.1, -0.05) is 0 Å². The minimum atomic E-state index is -0.472. The normalized spacial score (nSPS) is 25.9. The molecule has 0 aliphatic carbocycles. The van der Waals surface area contributed by atoms with E-state index in [0.29, 0.717) is 39.3 Å². The van der Waals surface area contributed by atoms with Crippen LogP contribution in [0.2, 0.25) is 0 Å². The van der Waals surface area contributed by atoms with Crippen molar-refractivity contribution in [1.29, 1.82) is 0 Å². The molecule has 0 aromatic heterocycles. The van der Waals surface area contributed by atoms with Crippen LogP contribution in [0.4, 0.5) is 0 Å². The van der Waals surface area contributed by atoms with Crippen molar-refractivity contribution in [2.75, 3.05) is 39.4 Å². The highest BCUT2D eigenvalue weighted by Crippen LogP contribution is 2.18. The standard InChI is InChI=1S/C14H25N3O3.ClH/c1-14(5-2-3-6-16-14)13(19)15-7-4-12(18)17-8-10-20-11-9-17;/h16H,2-11H2,1H3,(H,15,19);1H. The van der Waals surface area contributed by atoms with Crippen molar-refractivity contribution in [3.05, 3.63) is 0 Å². The van der Waals surface area contributed by atoms with Gasteiger partial charge in [0.25, 0.3) is 0 Å². The monoisotopic (exact) mass is 319 g/mol. The summed E-state index contributed by atoms with van der Waals surface area (Å²) in [5, 5.41) is 6.16. The van der Waals surface area contributed by atoms with E-state index in [-0.39, 0.29) is 24.2 Å². The van der Waals surface area contributed by atoms with E-state index < -0.39 is 5.54 Å². The van der Waals surface area contributed by atoms with Gasteiger partial charge in [-0.05, 0) is 32.7 Å². The smallest absolute Gasteiger partial charge is 0.240 e. The average Bonchev–Trinajstić information content (AvgIpc) is 2.48. The van der Waals surface area contributed by atoms with Gasteiger partial charge in [-0.2, -0.15) is 0 Å². The van der Waals surface area contributed by atoms with Gasteiger partial charge in [-0.25, -0.2) is 0 Å². The van der Waals surface area contributed by atoms with Gasteiger partial charge >= 0.3 is 0 Å². The number of ether oxygens (including phenoxy) is 1. The highest BCUT2D eigenvalue weighted by Gasteiger charge is 2.33. The Morgan fingerprint density at radius 3 is 2.62 bits per heavy atom. The van der Waals surface area contributed by atoms with Crippen LogP contribution in [0.25, 0.3) is 0 Å². The van der Waals surface area contributed by atoms with Gasteiger partial charge in [0.1, 0.15) is 0 Å². The number of rotatable bonds is 4. The molecule has 21 heavy (non-hydrogen) atoms. The number of morpholine rings is 1. The number of nitrogens with zero attached hydrogens (tertiary/aromatic N) is 1. The molecule has 1 unspecified atom stereocenters. The van der Waals surface area contributed by atoms with Gasteiger partial charge in [-0.15, -0.1) is 12.4 Å². The molecule has 2 saturated heterocycles. The topological polar surface area (TPSA) is 70.7 Å². The van der Waals surface area contributed by atoms with E-state index in [1.165, 1.54) is 0 Å². The van der Waals surface area contributed by atoms with Crippen LogP contribution >= 0.6 is 12.4 Å². The van der Waals surface area contributed by atoms with Crippen molar-refractivity contribution in [3.8, 4) is 0 Å². The van der Waals surface area contributed by atoms with E-state index in [2.05, 4.69) is 10.6 Å². The molecular formula is C14H26ClN3O3. The Hall–Kier alpha value is -0.850. The lowest BCUT2D eigenvalue weighted by Gasteiger charge is -2.33. The van der Waals surface area contributed by atoms with Gasteiger partial charge in [0.15, 0.2) is 0 Å². The summed E-state index contributed by atoms with van der Waals surface area (Å²) >= 11 is 0. The fourth-order valence-electron chi connectivity index (χ4n) is 2.70. The van der Waals surface area contributed by atoms with E-state index in [4.69, 9.17) is 4.74 Å². The minimum absolute atomic E-state index is 0. The first-order chi connectivity index (χ1) is 9.62. The first kappa shape index (κ1) is 18.2. The van der Waals surface area contributed by atoms with Crippen LogP contribution in [-0.2, 0) is 14.3 Å². The molecular weight excluding hydrogens is 294 g/mol. The molecule has 0 aromatic carbocycles. The Balaban J connectivity index is 0.00000220. The first-order valence-electron chi connectivity index (χ1n) is 7.51. The predicted octanol–water partition coefficient (Wildman–Crippen LogP) is 0.305. The summed E-state index contributed by atoms with van der Waals surface area (Å²) in [6.45, 7) is 5.77. The largest absolute Gasteiger partial charge is 0.378 e. The van der Waals surface area contributed by atoms with Crippen LogP contribution in [0.15, 0.2) is 0 Å². The van der Waals surface area contributed by atoms with Crippen LogP contribution < -0.4 is 10.6 Å². The van der Waals surface area contributed by atoms with Gasteiger partial charge in [0.2, 0.25) is 11.8 Å². The van der Waals surface area contributed by atoms with Crippen LogP contribution in [-0.4, -0.2) is 61.6 Å². The molecule has 0 saturated carbocycles. The van der Waals surface area contributed by atoms with Crippen molar-refractivity contribution < 1.29 is 14.3 Å². The molecule has 0 spiro atoms. The highest BCUT2D eigenvalue weighted by molar-refractivity contribution is 5.86. The second-order valence-electron chi connectivity index (χ2n) is 5.72. The third kappa shape index (κ3) is 5.13. The Morgan fingerprint density at radius 2 is 2.00 bits per heavy atom. The lowest BCUT2D eigenvalue weighted by Crippen LogP contribution is -2.57. The van der Waals surface area contributed by atoms with Crippen molar-refractivity contribution >= 4 is 24.2 Å². The summed E-state index contributed by atoms with van der Waals surface area (Å²) in [5.41, 5.74) is -0.472. The number of amides is 2. The summed E-state index contributed by atoms with van der Waals surface area (Å²) in [6, 6.07) is 0. The number of piperidine rings is 1. The zero-order valence-electron chi connectivity index (χ0n) is 12.7. The molecule has 1 atom stereocenters. The van der Waals surface area contributed by atoms with Gasteiger partial charge in [0, 0.05) is 26.1 Å². The molecule has 122 valence electrons. The summed E-state index contributed by atoms with van der Waals surface area (Å²) in [5.74, 6) is 0.0994. The quantitative estimate of drug-likeness (QED) is 0.782. The molecule has 2 rings (SSSR count).